The highest BCUT2D eigenvalue weighted by molar-refractivity contribution is 7.99. The Hall–Kier alpha value is -0.540. The summed E-state index contributed by atoms with van der Waals surface area (Å²) in [5.74, 6) is 1.81. The second-order valence-corrected chi connectivity index (χ2v) is 11.0. The van der Waals surface area contributed by atoms with Gasteiger partial charge in [-0.2, -0.15) is 0 Å². The van der Waals surface area contributed by atoms with Crippen LogP contribution in [0.25, 0.3) is 0 Å². The molecule has 0 aromatic heterocycles. The molecule has 1 aliphatic carbocycles. The first-order valence-corrected chi connectivity index (χ1v) is 13.1. The number of carbonyl (C=O) groups excluding carboxylic acids is 1. The van der Waals surface area contributed by atoms with E-state index >= 15 is 0 Å². The van der Waals surface area contributed by atoms with Crippen molar-refractivity contribution < 1.29 is 28.8 Å². The first kappa shape index (κ1) is 23.6. The Morgan fingerprint density at radius 1 is 1.13 bits per heavy atom. The number of amides is 1. The number of ether oxygens (including phenoxy) is 3. The first-order chi connectivity index (χ1) is 14.8. The molecule has 0 radical (unpaired) electrons. The zero-order chi connectivity index (χ0) is 22.2. The van der Waals surface area contributed by atoms with E-state index in [1.54, 1.807) is 16.7 Å². The fourth-order valence-corrected chi connectivity index (χ4v) is 7.24. The third-order valence-corrected chi connectivity index (χ3v) is 9.31. The van der Waals surface area contributed by atoms with Crippen LogP contribution in [0.2, 0.25) is 0 Å². The summed E-state index contributed by atoms with van der Waals surface area (Å²) < 4.78 is 18.4. The van der Waals surface area contributed by atoms with E-state index in [9.17, 15) is 4.79 Å². The molecular formula is C23H39NO6S. The van der Waals surface area contributed by atoms with Gasteiger partial charge >= 0.3 is 6.09 Å². The van der Waals surface area contributed by atoms with Crippen LogP contribution >= 0.6 is 11.8 Å². The predicted octanol–water partition coefficient (Wildman–Crippen LogP) is 4.80. The van der Waals surface area contributed by atoms with Crippen molar-refractivity contribution in [2.45, 2.75) is 89.8 Å². The van der Waals surface area contributed by atoms with E-state index in [1.165, 1.54) is 6.42 Å². The van der Waals surface area contributed by atoms with Gasteiger partial charge in [0.15, 0.2) is 11.9 Å². The molecule has 8 atom stereocenters. The van der Waals surface area contributed by atoms with Crippen molar-refractivity contribution in [2.75, 3.05) is 25.4 Å². The van der Waals surface area contributed by atoms with Gasteiger partial charge in [-0.3, -0.25) is 0 Å². The van der Waals surface area contributed by atoms with Crippen LogP contribution in [0.5, 0.6) is 0 Å². The fraction of sp³-hybridized carbons (Fsp3) is 0.957. The minimum absolute atomic E-state index is 0.0414. The van der Waals surface area contributed by atoms with Gasteiger partial charge in [-0.15, -0.1) is 11.8 Å². The molecule has 0 aromatic rings. The maximum absolute atomic E-state index is 12.0. The van der Waals surface area contributed by atoms with Crippen molar-refractivity contribution in [3.63, 3.8) is 0 Å². The molecule has 0 N–H and O–H groups in total. The molecule has 1 amide bonds. The molecular weight excluding hydrogens is 418 g/mol. The summed E-state index contributed by atoms with van der Waals surface area (Å²) in [6.07, 6.45) is 4.41. The van der Waals surface area contributed by atoms with Gasteiger partial charge in [0, 0.05) is 25.4 Å². The van der Waals surface area contributed by atoms with Gasteiger partial charge in [0.25, 0.3) is 0 Å². The van der Waals surface area contributed by atoms with Gasteiger partial charge in [-0.25, -0.2) is 14.6 Å². The maximum Gasteiger partial charge on any atom is 0.409 e. The Morgan fingerprint density at radius 2 is 1.90 bits per heavy atom. The summed E-state index contributed by atoms with van der Waals surface area (Å²) >= 11 is 1.80. The van der Waals surface area contributed by atoms with Crippen LogP contribution in [0.15, 0.2) is 0 Å². The Bertz CT molecular complexity index is 648. The Balaban J connectivity index is 1.36. The normalized spacial score (nSPS) is 43.8. The minimum Gasteiger partial charge on any atom is -0.449 e. The number of hydrogen-bond donors (Lipinski definition) is 0. The number of thioether (sulfide) groups is 1. The van der Waals surface area contributed by atoms with Crippen molar-refractivity contribution in [3.05, 3.63) is 0 Å². The van der Waals surface area contributed by atoms with Crippen molar-refractivity contribution in [3.8, 4) is 0 Å². The number of rotatable bonds is 7. The number of hydrogen-bond acceptors (Lipinski definition) is 7. The summed E-state index contributed by atoms with van der Waals surface area (Å²) in [5.41, 5.74) is -0.455. The highest BCUT2D eigenvalue weighted by Crippen LogP contribution is 2.61. The molecule has 2 bridgehead atoms. The van der Waals surface area contributed by atoms with Crippen LogP contribution in [0.4, 0.5) is 4.79 Å². The molecule has 1 saturated carbocycles. The quantitative estimate of drug-likeness (QED) is 0.402. The third kappa shape index (κ3) is 4.23. The van der Waals surface area contributed by atoms with Crippen LogP contribution in [-0.4, -0.2) is 59.6 Å². The average molecular weight is 458 g/mol. The molecule has 4 aliphatic heterocycles. The molecule has 178 valence electrons. The van der Waals surface area contributed by atoms with Gasteiger partial charge in [-0.05, 0) is 70.0 Å². The molecule has 0 aromatic carbocycles. The van der Waals surface area contributed by atoms with Gasteiger partial charge in [-0.1, -0.05) is 13.8 Å². The maximum atomic E-state index is 12.0. The minimum atomic E-state index is -0.730. The van der Waals surface area contributed by atoms with Gasteiger partial charge in [0.1, 0.15) is 5.44 Å². The van der Waals surface area contributed by atoms with E-state index < -0.39 is 11.4 Å². The molecule has 4 heterocycles. The predicted molar refractivity (Wildman–Crippen MR) is 118 cm³/mol. The molecule has 5 fully saturated rings. The Kier molecular flexibility index (Phi) is 7.14. The Morgan fingerprint density at radius 3 is 2.65 bits per heavy atom. The lowest BCUT2D eigenvalue weighted by Crippen LogP contribution is -2.70. The topological polar surface area (TPSA) is 66.5 Å². The molecule has 5 rings (SSSR count). The van der Waals surface area contributed by atoms with E-state index in [0.717, 1.165) is 31.4 Å². The van der Waals surface area contributed by atoms with E-state index in [0.29, 0.717) is 43.4 Å². The molecule has 7 nitrogen and oxygen atoms in total. The average Bonchev–Trinajstić information content (AvgIpc) is 2.98. The summed E-state index contributed by atoms with van der Waals surface area (Å²) in [5, 5.41) is 0. The van der Waals surface area contributed by atoms with Crippen molar-refractivity contribution in [1.82, 2.24) is 4.90 Å². The highest BCUT2D eigenvalue weighted by atomic mass is 32.2. The van der Waals surface area contributed by atoms with E-state index in [4.69, 9.17) is 24.0 Å². The third-order valence-electron chi connectivity index (χ3n) is 7.92. The molecule has 1 spiro atoms. The lowest BCUT2D eigenvalue weighted by Gasteiger charge is -2.60. The number of fused-ring (bicyclic) bond motifs is 2. The summed E-state index contributed by atoms with van der Waals surface area (Å²) in [6, 6.07) is 0. The van der Waals surface area contributed by atoms with Crippen molar-refractivity contribution in [1.29, 1.82) is 0 Å². The van der Waals surface area contributed by atoms with Gasteiger partial charge < -0.3 is 19.1 Å². The first-order valence-electron chi connectivity index (χ1n) is 12.1. The molecule has 8 heteroatoms. The van der Waals surface area contributed by atoms with Crippen LogP contribution in [0, 0.1) is 23.7 Å². The second-order valence-electron chi connectivity index (χ2n) is 9.78. The van der Waals surface area contributed by atoms with E-state index in [1.807, 2.05) is 20.8 Å². The highest BCUT2D eigenvalue weighted by Gasteiger charge is 2.69. The summed E-state index contributed by atoms with van der Waals surface area (Å²) in [4.78, 5) is 25.8. The monoisotopic (exact) mass is 457 g/mol. The zero-order valence-corrected chi connectivity index (χ0v) is 20.4. The van der Waals surface area contributed by atoms with E-state index in [2.05, 4.69) is 13.8 Å². The summed E-state index contributed by atoms with van der Waals surface area (Å²) in [7, 11) is 0. The molecule has 0 unspecified atom stereocenters. The smallest absolute Gasteiger partial charge is 0.409 e. The van der Waals surface area contributed by atoms with Gasteiger partial charge in [0.2, 0.25) is 5.79 Å². The number of nitrogens with zero attached hydrogens (tertiary/aromatic N) is 1. The molecule has 5 aliphatic rings. The van der Waals surface area contributed by atoms with Crippen LogP contribution < -0.4 is 0 Å². The van der Waals surface area contributed by atoms with E-state index in [-0.39, 0.29) is 17.8 Å². The SMILES string of the molecule is CCN(CC)C(=O)OCCCS[C@@H]1O[C@@H]2O[C@]3(C)CC[C@H]4[C@H](C)CC[C@@H]([C@H]1C)[C@@]24OO3. The van der Waals surface area contributed by atoms with Crippen molar-refractivity contribution >= 4 is 17.9 Å². The molecule has 4 saturated heterocycles. The standard InChI is InChI=1S/C23H39NO6S/c1-6-24(7-2)21(25)26-13-8-14-31-19-16(4)18-10-9-15(3)17-11-12-22(5)28-20(27-19)23(17,18)30-29-22/h15-20H,6-14H2,1-5H3/t15-,16-,17+,18+,19+,20-,22+,23-/m1/s1. The lowest BCUT2D eigenvalue weighted by atomic mass is 9.58. The number of carbonyl (C=O) groups is 1. The summed E-state index contributed by atoms with van der Waals surface area (Å²) in [6.45, 7) is 12.3. The second kappa shape index (κ2) is 9.37. The van der Waals surface area contributed by atoms with Crippen molar-refractivity contribution in [2.24, 2.45) is 23.7 Å². The fourth-order valence-electron chi connectivity index (χ4n) is 6.05. The van der Waals surface area contributed by atoms with Crippen LogP contribution in [-0.2, 0) is 24.0 Å². The lowest BCUT2D eigenvalue weighted by molar-refractivity contribution is -0.568. The van der Waals surface area contributed by atoms with Crippen LogP contribution in [0.1, 0.15) is 66.7 Å². The van der Waals surface area contributed by atoms with Gasteiger partial charge in [0.05, 0.1) is 6.61 Å². The van der Waals surface area contributed by atoms with Crippen LogP contribution in [0.3, 0.4) is 0 Å². The Labute approximate surface area is 190 Å². The molecule has 31 heavy (non-hydrogen) atoms. The largest absolute Gasteiger partial charge is 0.449 e. The zero-order valence-electron chi connectivity index (χ0n) is 19.6.